The van der Waals surface area contributed by atoms with Gasteiger partial charge in [0.25, 0.3) is 0 Å². The minimum Gasteiger partial charge on any atom is -0.493 e. The van der Waals surface area contributed by atoms with Crippen molar-refractivity contribution in [2.24, 2.45) is 5.73 Å². The number of para-hydroxylation sites is 1. The molecule has 0 saturated carbocycles. The molecule has 2 N–H and O–H groups in total. The van der Waals surface area contributed by atoms with E-state index in [0.717, 1.165) is 12.8 Å². The van der Waals surface area contributed by atoms with Crippen LogP contribution in [0.4, 0.5) is 0 Å². The molecular formula is C15H23NO3. The maximum absolute atomic E-state index is 12.3. The molecule has 0 heterocycles. The lowest BCUT2D eigenvalue weighted by Gasteiger charge is -2.14. The van der Waals surface area contributed by atoms with Crippen molar-refractivity contribution in [1.29, 1.82) is 0 Å². The van der Waals surface area contributed by atoms with Crippen LogP contribution in [0.3, 0.4) is 0 Å². The Labute approximate surface area is 114 Å². The number of methoxy groups -OCH3 is 1. The van der Waals surface area contributed by atoms with Gasteiger partial charge in [0.05, 0.1) is 18.2 Å². The number of carbonyl (C=O) groups is 1. The molecule has 0 aliphatic rings. The minimum atomic E-state index is -0.499. The Kier molecular flexibility index (Phi) is 7.15. The second-order valence-electron chi connectivity index (χ2n) is 4.45. The number of carbonyl (C=O) groups excluding carboxylic acids is 1. The third-order valence-electron chi connectivity index (χ3n) is 2.81. The quantitative estimate of drug-likeness (QED) is 0.550. The molecule has 106 valence electrons. The Bertz CT molecular complexity index is 393. The SMILES string of the molecule is CCCOc1ccccc1C(=O)C(N)CCCOC. The van der Waals surface area contributed by atoms with E-state index in [0.29, 0.717) is 30.9 Å². The molecule has 19 heavy (non-hydrogen) atoms. The van der Waals surface area contributed by atoms with Gasteiger partial charge in [-0.05, 0) is 31.4 Å². The van der Waals surface area contributed by atoms with Crippen LogP contribution in [-0.4, -0.2) is 32.1 Å². The van der Waals surface area contributed by atoms with Gasteiger partial charge in [-0.2, -0.15) is 0 Å². The number of benzene rings is 1. The summed E-state index contributed by atoms with van der Waals surface area (Å²) in [5.41, 5.74) is 6.50. The van der Waals surface area contributed by atoms with Crippen LogP contribution in [0.1, 0.15) is 36.5 Å². The van der Waals surface area contributed by atoms with E-state index in [-0.39, 0.29) is 5.78 Å². The highest BCUT2D eigenvalue weighted by Gasteiger charge is 2.19. The Morgan fingerprint density at radius 2 is 2.05 bits per heavy atom. The molecule has 0 fully saturated rings. The highest BCUT2D eigenvalue weighted by Crippen LogP contribution is 2.20. The van der Waals surface area contributed by atoms with Crippen LogP contribution < -0.4 is 10.5 Å². The highest BCUT2D eigenvalue weighted by molar-refractivity contribution is 6.02. The van der Waals surface area contributed by atoms with Crippen molar-refractivity contribution in [3.05, 3.63) is 29.8 Å². The summed E-state index contributed by atoms with van der Waals surface area (Å²) < 4.78 is 10.5. The van der Waals surface area contributed by atoms with Crippen LogP contribution in [0.5, 0.6) is 5.75 Å². The summed E-state index contributed by atoms with van der Waals surface area (Å²) in [5, 5.41) is 0. The lowest BCUT2D eigenvalue weighted by Crippen LogP contribution is -2.31. The molecular weight excluding hydrogens is 242 g/mol. The van der Waals surface area contributed by atoms with Crippen molar-refractivity contribution in [3.8, 4) is 5.75 Å². The van der Waals surface area contributed by atoms with Gasteiger partial charge < -0.3 is 15.2 Å². The Morgan fingerprint density at radius 3 is 2.74 bits per heavy atom. The molecule has 1 unspecified atom stereocenters. The average Bonchev–Trinajstić information content (AvgIpc) is 2.44. The van der Waals surface area contributed by atoms with Crippen LogP contribution >= 0.6 is 0 Å². The Morgan fingerprint density at radius 1 is 1.32 bits per heavy atom. The zero-order valence-electron chi connectivity index (χ0n) is 11.7. The largest absolute Gasteiger partial charge is 0.493 e. The Hall–Kier alpha value is -1.39. The van der Waals surface area contributed by atoms with Crippen molar-refractivity contribution in [1.82, 2.24) is 0 Å². The molecule has 0 aliphatic heterocycles. The van der Waals surface area contributed by atoms with Crippen molar-refractivity contribution in [3.63, 3.8) is 0 Å². The van der Waals surface area contributed by atoms with Gasteiger partial charge in [0.1, 0.15) is 5.75 Å². The third kappa shape index (κ3) is 5.01. The topological polar surface area (TPSA) is 61.5 Å². The number of rotatable bonds is 9. The summed E-state index contributed by atoms with van der Waals surface area (Å²) in [6.45, 7) is 3.25. The molecule has 1 aromatic carbocycles. The monoisotopic (exact) mass is 265 g/mol. The second kappa shape index (κ2) is 8.67. The van der Waals surface area contributed by atoms with Gasteiger partial charge >= 0.3 is 0 Å². The molecule has 0 aromatic heterocycles. The molecule has 0 spiro atoms. The molecule has 4 heteroatoms. The van der Waals surface area contributed by atoms with E-state index >= 15 is 0 Å². The lowest BCUT2D eigenvalue weighted by molar-refractivity contribution is 0.0946. The number of hydrogen-bond donors (Lipinski definition) is 1. The van der Waals surface area contributed by atoms with Gasteiger partial charge in [-0.3, -0.25) is 4.79 Å². The molecule has 1 atom stereocenters. The normalized spacial score (nSPS) is 12.2. The van der Waals surface area contributed by atoms with Crippen LogP contribution in [-0.2, 0) is 4.74 Å². The molecule has 0 aliphatic carbocycles. The predicted octanol–water partition coefficient (Wildman–Crippen LogP) is 2.41. The number of Topliss-reactive ketones (excluding diaryl/α,β-unsaturated/α-hetero) is 1. The van der Waals surface area contributed by atoms with E-state index in [2.05, 4.69) is 0 Å². The molecule has 0 radical (unpaired) electrons. The first-order valence-electron chi connectivity index (χ1n) is 6.71. The van der Waals surface area contributed by atoms with Crippen molar-refractivity contribution in [2.75, 3.05) is 20.3 Å². The first kappa shape index (κ1) is 15.7. The van der Waals surface area contributed by atoms with Crippen molar-refractivity contribution >= 4 is 5.78 Å². The van der Waals surface area contributed by atoms with Crippen molar-refractivity contribution < 1.29 is 14.3 Å². The van der Waals surface area contributed by atoms with Gasteiger partial charge in [0, 0.05) is 13.7 Å². The Balaban J connectivity index is 2.69. The molecule has 0 amide bonds. The number of ketones is 1. The van der Waals surface area contributed by atoms with Gasteiger partial charge in [-0.1, -0.05) is 19.1 Å². The smallest absolute Gasteiger partial charge is 0.183 e. The van der Waals surface area contributed by atoms with E-state index in [1.807, 2.05) is 25.1 Å². The summed E-state index contributed by atoms with van der Waals surface area (Å²) in [4.78, 5) is 12.3. The first-order chi connectivity index (χ1) is 9.20. The fraction of sp³-hybridized carbons (Fsp3) is 0.533. The average molecular weight is 265 g/mol. The van der Waals surface area contributed by atoms with Crippen LogP contribution in [0.15, 0.2) is 24.3 Å². The lowest BCUT2D eigenvalue weighted by atomic mass is 10.0. The van der Waals surface area contributed by atoms with Gasteiger partial charge in [0.15, 0.2) is 5.78 Å². The molecule has 0 saturated heterocycles. The van der Waals surface area contributed by atoms with Gasteiger partial charge in [-0.25, -0.2) is 0 Å². The van der Waals surface area contributed by atoms with E-state index in [9.17, 15) is 4.79 Å². The first-order valence-corrected chi connectivity index (χ1v) is 6.71. The maximum Gasteiger partial charge on any atom is 0.183 e. The van der Waals surface area contributed by atoms with Gasteiger partial charge in [0.2, 0.25) is 0 Å². The van der Waals surface area contributed by atoms with E-state index in [1.54, 1.807) is 13.2 Å². The second-order valence-corrected chi connectivity index (χ2v) is 4.45. The summed E-state index contributed by atoms with van der Waals surface area (Å²) in [5.74, 6) is 0.555. The molecule has 1 rings (SSSR count). The molecule has 1 aromatic rings. The summed E-state index contributed by atoms with van der Waals surface area (Å²) in [6, 6.07) is 6.77. The van der Waals surface area contributed by atoms with Crippen molar-refractivity contribution in [2.45, 2.75) is 32.2 Å². The number of ether oxygens (including phenoxy) is 2. The van der Waals surface area contributed by atoms with Crippen LogP contribution in [0, 0.1) is 0 Å². The predicted molar refractivity (Wildman–Crippen MR) is 75.6 cm³/mol. The summed E-state index contributed by atoms with van der Waals surface area (Å²) >= 11 is 0. The van der Waals surface area contributed by atoms with Gasteiger partial charge in [-0.15, -0.1) is 0 Å². The number of nitrogens with two attached hydrogens (primary N) is 1. The maximum atomic E-state index is 12.3. The van der Waals surface area contributed by atoms with E-state index < -0.39 is 6.04 Å². The fourth-order valence-corrected chi connectivity index (χ4v) is 1.79. The zero-order valence-corrected chi connectivity index (χ0v) is 11.7. The minimum absolute atomic E-state index is 0.0668. The van der Waals surface area contributed by atoms with Crippen LogP contribution in [0.25, 0.3) is 0 Å². The highest BCUT2D eigenvalue weighted by atomic mass is 16.5. The zero-order chi connectivity index (χ0) is 14.1. The van der Waals surface area contributed by atoms with E-state index in [4.69, 9.17) is 15.2 Å². The fourth-order valence-electron chi connectivity index (χ4n) is 1.79. The standard InChI is InChI=1S/C15H23NO3/c1-3-10-19-14-9-5-4-7-12(14)15(17)13(16)8-6-11-18-2/h4-5,7,9,13H,3,6,8,10-11,16H2,1-2H3. The summed E-state index contributed by atoms with van der Waals surface area (Å²) in [7, 11) is 1.64. The number of hydrogen-bond acceptors (Lipinski definition) is 4. The molecule has 4 nitrogen and oxygen atoms in total. The molecule has 0 bridgehead atoms. The van der Waals surface area contributed by atoms with E-state index in [1.165, 1.54) is 0 Å². The summed E-state index contributed by atoms with van der Waals surface area (Å²) in [6.07, 6.45) is 2.30. The van der Waals surface area contributed by atoms with Crippen LogP contribution in [0.2, 0.25) is 0 Å². The third-order valence-corrected chi connectivity index (χ3v) is 2.81.